The van der Waals surface area contributed by atoms with Crippen molar-refractivity contribution >= 4 is 40.3 Å². The molecule has 0 bridgehead atoms. The fourth-order valence-corrected chi connectivity index (χ4v) is 3.97. The number of nitrogens with zero attached hydrogens (tertiary/aromatic N) is 3. The summed E-state index contributed by atoms with van der Waals surface area (Å²) in [6, 6.07) is 8.34. The zero-order valence-electron chi connectivity index (χ0n) is 15.2. The lowest BCUT2D eigenvalue weighted by molar-refractivity contribution is -0.131. The summed E-state index contributed by atoms with van der Waals surface area (Å²) in [7, 11) is 0. The number of hydrogen-bond acceptors (Lipinski definition) is 4. The first-order valence-corrected chi connectivity index (χ1v) is 10.2. The van der Waals surface area contributed by atoms with Gasteiger partial charge in [0.1, 0.15) is 5.01 Å². The minimum Gasteiger partial charge on any atom is -0.345 e. The second kappa shape index (κ2) is 8.60. The number of anilines is 1. The van der Waals surface area contributed by atoms with Crippen LogP contribution in [0.15, 0.2) is 29.6 Å². The first-order valence-electron chi connectivity index (χ1n) is 8.89. The molecule has 1 aromatic heterocycles. The number of hydrogen-bond donors (Lipinski definition) is 1. The fourth-order valence-electron chi connectivity index (χ4n) is 2.91. The van der Waals surface area contributed by atoms with Gasteiger partial charge in [0.2, 0.25) is 5.91 Å². The normalized spacial score (nSPS) is 14.4. The minimum absolute atomic E-state index is 0.146. The van der Waals surface area contributed by atoms with Gasteiger partial charge in [0, 0.05) is 42.9 Å². The molecule has 1 aromatic carbocycles. The molecule has 26 heavy (non-hydrogen) atoms. The first-order chi connectivity index (χ1) is 12.5. The predicted octanol–water partition coefficient (Wildman–Crippen LogP) is 3.10. The molecular formula is C19H24N4OS2. The third kappa shape index (κ3) is 4.80. The van der Waals surface area contributed by atoms with Crippen molar-refractivity contribution < 1.29 is 4.79 Å². The first kappa shape index (κ1) is 18.8. The highest BCUT2D eigenvalue weighted by Gasteiger charge is 2.23. The van der Waals surface area contributed by atoms with Crippen LogP contribution in [-0.2, 0) is 17.6 Å². The number of piperazine rings is 1. The molecule has 138 valence electrons. The SMILES string of the molecule is CCc1ccc(NC(=S)N2CCN(C(=O)Cc3nc(C)cs3)CC2)cc1. The average molecular weight is 389 g/mol. The number of rotatable bonds is 4. The summed E-state index contributed by atoms with van der Waals surface area (Å²) < 4.78 is 0. The Balaban J connectivity index is 1.47. The molecule has 1 fully saturated rings. The number of benzene rings is 1. The van der Waals surface area contributed by atoms with Gasteiger partial charge >= 0.3 is 0 Å². The summed E-state index contributed by atoms with van der Waals surface area (Å²) in [6.45, 7) is 6.99. The van der Waals surface area contributed by atoms with Crippen LogP contribution in [0.25, 0.3) is 0 Å². The van der Waals surface area contributed by atoms with E-state index in [2.05, 4.69) is 46.4 Å². The van der Waals surface area contributed by atoms with Crippen molar-refractivity contribution in [3.05, 3.63) is 45.9 Å². The molecule has 0 atom stereocenters. The standard InChI is InChI=1S/C19H24N4OS2/c1-3-15-4-6-16(7-5-15)21-19(25)23-10-8-22(9-11-23)18(24)12-17-20-14(2)13-26-17/h4-7,13H,3,8-12H2,1-2H3,(H,21,25). The molecule has 0 radical (unpaired) electrons. The molecule has 0 saturated carbocycles. The molecule has 5 nitrogen and oxygen atoms in total. The Morgan fingerprint density at radius 1 is 1.19 bits per heavy atom. The average Bonchev–Trinajstić information content (AvgIpc) is 3.07. The highest BCUT2D eigenvalue weighted by atomic mass is 32.1. The molecule has 0 spiro atoms. The second-order valence-electron chi connectivity index (χ2n) is 6.41. The smallest absolute Gasteiger partial charge is 0.229 e. The number of amides is 1. The summed E-state index contributed by atoms with van der Waals surface area (Å²) in [6.07, 6.45) is 1.42. The van der Waals surface area contributed by atoms with E-state index < -0.39 is 0 Å². The highest BCUT2D eigenvalue weighted by Crippen LogP contribution is 2.14. The lowest BCUT2D eigenvalue weighted by atomic mass is 10.1. The largest absolute Gasteiger partial charge is 0.345 e. The van der Waals surface area contributed by atoms with Gasteiger partial charge in [-0.05, 0) is 43.3 Å². The van der Waals surface area contributed by atoms with Crippen LogP contribution in [-0.4, -0.2) is 52.0 Å². The van der Waals surface area contributed by atoms with Gasteiger partial charge in [-0.3, -0.25) is 4.79 Å². The van der Waals surface area contributed by atoms with Gasteiger partial charge in [-0.15, -0.1) is 11.3 Å². The Bertz CT molecular complexity index is 764. The number of thiocarbonyl (C=S) groups is 1. The van der Waals surface area contributed by atoms with Crippen molar-refractivity contribution in [1.29, 1.82) is 0 Å². The molecule has 0 aliphatic carbocycles. The molecular weight excluding hydrogens is 364 g/mol. The maximum absolute atomic E-state index is 12.4. The monoisotopic (exact) mass is 388 g/mol. The zero-order valence-corrected chi connectivity index (χ0v) is 16.8. The molecule has 1 amide bonds. The maximum atomic E-state index is 12.4. The van der Waals surface area contributed by atoms with E-state index in [0.717, 1.165) is 41.0 Å². The van der Waals surface area contributed by atoms with Gasteiger partial charge in [0.05, 0.1) is 6.42 Å². The molecule has 1 saturated heterocycles. The molecule has 1 N–H and O–H groups in total. The molecule has 1 aliphatic heterocycles. The van der Waals surface area contributed by atoms with Crippen molar-refractivity contribution in [1.82, 2.24) is 14.8 Å². The van der Waals surface area contributed by atoms with Gasteiger partial charge in [-0.25, -0.2) is 4.98 Å². The lowest BCUT2D eigenvalue weighted by Crippen LogP contribution is -2.51. The van der Waals surface area contributed by atoms with Gasteiger partial charge < -0.3 is 15.1 Å². The zero-order chi connectivity index (χ0) is 18.5. The summed E-state index contributed by atoms with van der Waals surface area (Å²) in [4.78, 5) is 20.8. The minimum atomic E-state index is 0.146. The molecule has 2 heterocycles. The lowest BCUT2D eigenvalue weighted by Gasteiger charge is -2.36. The summed E-state index contributed by atoms with van der Waals surface area (Å²) in [5.74, 6) is 0.146. The Kier molecular flexibility index (Phi) is 6.21. The Morgan fingerprint density at radius 3 is 2.42 bits per heavy atom. The summed E-state index contributed by atoms with van der Waals surface area (Å²) >= 11 is 7.08. The molecule has 3 rings (SSSR count). The van der Waals surface area contributed by atoms with Crippen LogP contribution >= 0.6 is 23.6 Å². The maximum Gasteiger partial charge on any atom is 0.229 e. The third-order valence-corrected chi connectivity index (χ3v) is 5.83. The number of carbonyl (C=O) groups excluding carboxylic acids is 1. The highest BCUT2D eigenvalue weighted by molar-refractivity contribution is 7.80. The number of thiazole rings is 1. The van der Waals surface area contributed by atoms with E-state index in [9.17, 15) is 4.79 Å². The topological polar surface area (TPSA) is 48.5 Å². The van der Waals surface area contributed by atoms with Crippen LogP contribution in [0.1, 0.15) is 23.2 Å². The fraction of sp³-hybridized carbons (Fsp3) is 0.421. The summed E-state index contributed by atoms with van der Waals surface area (Å²) in [5, 5.41) is 6.89. The van der Waals surface area contributed by atoms with E-state index in [1.54, 1.807) is 11.3 Å². The van der Waals surface area contributed by atoms with Gasteiger partial charge in [-0.2, -0.15) is 0 Å². The van der Waals surface area contributed by atoms with E-state index in [-0.39, 0.29) is 5.91 Å². The van der Waals surface area contributed by atoms with E-state index in [1.165, 1.54) is 5.56 Å². The molecule has 1 aliphatic rings. The van der Waals surface area contributed by atoms with Crippen LogP contribution in [0, 0.1) is 6.92 Å². The summed E-state index contributed by atoms with van der Waals surface area (Å²) in [5.41, 5.74) is 3.29. The molecule has 2 aromatic rings. The van der Waals surface area contributed by atoms with E-state index in [1.807, 2.05) is 17.2 Å². The van der Waals surface area contributed by atoms with Gasteiger partial charge in [0.25, 0.3) is 0 Å². The Morgan fingerprint density at radius 2 is 1.85 bits per heavy atom. The number of aromatic nitrogens is 1. The predicted molar refractivity (Wildman–Crippen MR) is 111 cm³/mol. The van der Waals surface area contributed by atoms with Gasteiger partial charge in [0.15, 0.2) is 5.11 Å². The van der Waals surface area contributed by atoms with E-state index in [4.69, 9.17) is 12.2 Å². The van der Waals surface area contributed by atoms with E-state index in [0.29, 0.717) is 19.5 Å². The van der Waals surface area contributed by atoms with Crippen LogP contribution in [0.5, 0.6) is 0 Å². The molecule has 0 unspecified atom stereocenters. The van der Waals surface area contributed by atoms with Crippen molar-refractivity contribution in [2.24, 2.45) is 0 Å². The van der Waals surface area contributed by atoms with Crippen LogP contribution in [0.3, 0.4) is 0 Å². The van der Waals surface area contributed by atoms with E-state index >= 15 is 0 Å². The quantitative estimate of drug-likeness (QED) is 0.816. The van der Waals surface area contributed by atoms with Crippen LogP contribution in [0.4, 0.5) is 5.69 Å². The number of aryl methyl sites for hydroxylation is 2. The van der Waals surface area contributed by atoms with Crippen molar-refractivity contribution in [2.75, 3.05) is 31.5 Å². The third-order valence-electron chi connectivity index (χ3n) is 4.50. The van der Waals surface area contributed by atoms with Crippen LogP contribution in [0.2, 0.25) is 0 Å². The van der Waals surface area contributed by atoms with Crippen molar-refractivity contribution in [3.8, 4) is 0 Å². The van der Waals surface area contributed by atoms with Crippen molar-refractivity contribution in [2.45, 2.75) is 26.7 Å². The van der Waals surface area contributed by atoms with Crippen LogP contribution < -0.4 is 5.32 Å². The Labute approximate surface area is 164 Å². The Hall–Kier alpha value is -1.99. The van der Waals surface area contributed by atoms with Gasteiger partial charge in [-0.1, -0.05) is 19.1 Å². The number of carbonyl (C=O) groups is 1. The van der Waals surface area contributed by atoms with Crippen molar-refractivity contribution in [3.63, 3.8) is 0 Å². The molecule has 7 heteroatoms. The second-order valence-corrected chi connectivity index (χ2v) is 7.74. The number of nitrogens with one attached hydrogen (secondary N) is 1.